The molecule has 0 radical (unpaired) electrons. The van der Waals surface area contributed by atoms with Gasteiger partial charge in [-0.15, -0.1) is 0 Å². The summed E-state index contributed by atoms with van der Waals surface area (Å²) >= 11 is 1.32. The van der Waals surface area contributed by atoms with Gasteiger partial charge < -0.3 is 10.1 Å². The van der Waals surface area contributed by atoms with Crippen LogP contribution < -0.4 is 10.1 Å². The van der Waals surface area contributed by atoms with Crippen LogP contribution in [0, 0.1) is 6.92 Å². The van der Waals surface area contributed by atoms with Crippen LogP contribution in [0.4, 0.5) is 5.69 Å². The maximum atomic E-state index is 12.2. The van der Waals surface area contributed by atoms with Crippen LogP contribution in [0.1, 0.15) is 11.1 Å². The Bertz CT molecular complexity index is 854. The van der Waals surface area contributed by atoms with Gasteiger partial charge in [-0.2, -0.15) is 0 Å². The van der Waals surface area contributed by atoms with Crippen molar-refractivity contribution in [1.29, 1.82) is 0 Å². The molecular weight excluding hydrogens is 332 g/mol. The minimum Gasteiger partial charge on any atom is -0.489 e. The first-order valence-corrected chi connectivity index (χ1v) is 8.66. The van der Waals surface area contributed by atoms with Gasteiger partial charge in [-0.3, -0.25) is 4.79 Å². The number of aryl methyl sites for hydroxylation is 1. The number of carbonyl (C=O) groups is 1. The number of thioether (sulfide) groups is 1. The number of para-hydroxylation sites is 1. The Hall–Kier alpha value is -2.79. The Balaban J connectivity index is 1.82. The van der Waals surface area contributed by atoms with Crippen molar-refractivity contribution in [3.05, 3.63) is 77.2 Å². The zero-order chi connectivity index (χ0) is 17.6. The fourth-order valence-electron chi connectivity index (χ4n) is 2.24. The van der Waals surface area contributed by atoms with Gasteiger partial charge in [-0.25, -0.2) is 4.99 Å². The summed E-state index contributed by atoms with van der Waals surface area (Å²) in [7, 11) is 0. The van der Waals surface area contributed by atoms with Crippen LogP contribution in [-0.4, -0.2) is 17.7 Å². The molecule has 1 heterocycles. The van der Waals surface area contributed by atoms with E-state index >= 15 is 0 Å². The van der Waals surface area contributed by atoms with Crippen molar-refractivity contribution in [2.24, 2.45) is 4.99 Å². The van der Waals surface area contributed by atoms with E-state index in [4.69, 9.17) is 4.74 Å². The molecule has 4 nitrogen and oxygen atoms in total. The lowest BCUT2D eigenvalue weighted by molar-refractivity contribution is -0.115. The van der Waals surface area contributed by atoms with Crippen LogP contribution in [0.2, 0.25) is 0 Å². The summed E-state index contributed by atoms with van der Waals surface area (Å²) in [5.41, 5.74) is 2.83. The SMILES string of the molecule is C=CCOc1ccccc1/C=C1\SC(=Nc2ccc(C)cc2)NC1=O. The fraction of sp³-hybridized carbons (Fsp3) is 0.100. The molecule has 0 aromatic heterocycles. The second-order valence-electron chi connectivity index (χ2n) is 5.45. The topological polar surface area (TPSA) is 50.7 Å². The average Bonchev–Trinajstić information content (AvgIpc) is 2.95. The maximum Gasteiger partial charge on any atom is 0.264 e. The Labute approximate surface area is 151 Å². The van der Waals surface area contributed by atoms with Gasteiger partial charge in [0.25, 0.3) is 5.91 Å². The zero-order valence-corrected chi connectivity index (χ0v) is 14.7. The molecule has 2 aromatic rings. The second kappa shape index (κ2) is 7.85. The summed E-state index contributed by atoms with van der Waals surface area (Å²) in [6, 6.07) is 15.4. The minimum absolute atomic E-state index is 0.158. The Morgan fingerprint density at radius 1 is 1.20 bits per heavy atom. The number of amides is 1. The lowest BCUT2D eigenvalue weighted by Crippen LogP contribution is -2.19. The number of rotatable bonds is 5. The van der Waals surface area contributed by atoms with Crippen LogP contribution in [0.3, 0.4) is 0 Å². The number of amidine groups is 1. The van der Waals surface area contributed by atoms with E-state index in [2.05, 4.69) is 16.9 Å². The van der Waals surface area contributed by atoms with Crippen molar-refractivity contribution >= 4 is 34.6 Å². The van der Waals surface area contributed by atoms with Crippen molar-refractivity contribution in [2.75, 3.05) is 6.61 Å². The Morgan fingerprint density at radius 3 is 2.72 bits per heavy atom. The number of benzene rings is 2. The van der Waals surface area contributed by atoms with Crippen molar-refractivity contribution in [3.63, 3.8) is 0 Å². The molecule has 0 bridgehead atoms. The largest absolute Gasteiger partial charge is 0.489 e. The molecule has 2 aromatic carbocycles. The van der Waals surface area contributed by atoms with Crippen LogP contribution in [0.5, 0.6) is 5.75 Å². The van der Waals surface area contributed by atoms with E-state index in [1.54, 1.807) is 6.08 Å². The highest BCUT2D eigenvalue weighted by Crippen LogP contribution is 2.30. The van der Waals surface area contributed by atoms with Gasteiger partial charge in [0, 0.05) is 5.56 Å². The highest BCUT2D eigenvalue weighted by atomic mass is 32.2. The molecule has 1 N–H and O–H groups in total. The molecule has 1 fully saturated rings. The normalized spacial score (nSPS) is 16.9. The molecule has 0 aliphatic carbocycles. The first kappa shape index (κ1) is 17.0. The second-order valence-corrected chi connectivity index (χ2v) is 6.49. The third kappa shape index (κ3) is 4.39. The number of aliphatic imine (C=N–C) groups is 1. The van der Waals surface area contributed by atoms with Gasteiger partial charge in [0.2, 0.25) is 0 Å². The van der Waals surface area contributed by atoms with E-state index in [9.17, 15) is 4.79 Å². The summed E-state index contributed by atoms with van der Waals surface area (Å²) in [4.78, 5) is 17.3. The number of nitrogens with one attached hydrogen (secondary N) is 1. The van der Waals surface area contributed by atoms with Gasteiger partial charge >= 0.3 is 0 Å². The third-order valence-electron chi connectivity index (χ3n) is 3.48. The highest BCUT2D eigenvalue weighted by molar-refractivity contribution is 8.18. The highest BCUT2D eigenvalue weighted by Gasteiger charge is 2.24. The summed E-state index contributed by atoms with van der Waals surface area (Å²) in [6.07, 6.45) is 3.50. The summed E-state index contributed by atoms with van der Waals surface area (Å²) in [6.45, 7) is 6.09. The number of hydrogen-bond donors (Lipinski definition) is 1. The van der Waals surface area contributed by atoms with Crippen molar-refractivity contribution in [2.45, 2.75) is 6.92 Å². The van der Waals surface area contributed by atoms with Crippen LogP contribution in [-0.2, 0) is 4.79 Å². The van der Waals surface area contributed by atoms with Crippen LogP contribution in [0.25, 0.3) is 6.08 Å². The molecule has 1 saturated heterocycles. The predicted molar refractivity (Wildman–Crippen MR) is 104 cm³/mol. The molecule has 1 aliphatic rings. The van der Waals surface area contributed by atoms with E-state index in [0.29, 0.717) is 22.4 Å². The molecule has 0 atom stereocenters. The summed E-state index contributed by atoms with van der Waals surface area (Å²) < 4.78 is 5.63. The van der Waals surface area contributed by atoms with Gasteiger partial charge in [0.1, 0.15) is 12.4 Å². The zero-order valence-electron chi connectivity index (χ0n) is 13.9. The van der Waals surface area contributed by atoms with Gasteiger partial charge in [-0.05, 0) is 43.0 Å². The Kier molecular flexibility index (Phi) is 5.36. The molecule has 0 unspecified atom stereocenters. The monoisotopic (exact) mass is 350 g/mol. The van der Waals surface area contributed by atoms with Gasteiger partial charge in [-0.1, -0.05) is 48.6 Å². The summed E-state index contributed by atoms with van der Waals surface area (Å²) in [5, 5.41) is 3.37. The molecule has 0 saturated carbocycles. The minimum atomic E-state index is -0.158. The first-order valence-electron chi connectivity index (χ1n) is 7.84. The number of hydrogen-bond acceptors (Lipinski definition) is 4. The lowest BCUT2D eigenvalue weighted by Gasteiger charge is -2.06. The third-order valence-corrected chi connectivity index (χ3v) is 4.39. The average molecular weight is 350 g/mol. The van der Waals surface area contributed by atoms with Crippen molar-refractivity contribution < 1.29 is 9.53 Å². The van der Waals surface area contributed by atoms with Crippen molar-refractivity contribution in [1.82, 2.24) is 5.32 Å². The van der Waals surface area contributed by atoms with Crippen LogP contribution in [0.15, 0.2) is 71.1 Å². The van der Waals surface area contributed by atoms with E-state index in [1.807, 2.05) is 61.5 Å². The number of nitrogens with zero attached hydrogens (tertiary/aromatic N) is 1. The summed E-state index contributed by atoms with van der Waals surface area (Å²) in [5.74, 6) is 0.557. The van der Waals surface area contributed by atoms with E-state index in [0.717, 1.165) is 11.3 Å². The molecule has 5 heteroatoms. The standard InChI is InChI=1S/C20H18N2O2S/c1-3-12-24-17-7-5-4-6-15(17)13-18-19(23)22-20(25-18)21-16-10-8-14(2)9-11-16/h3-11,13H,1,12H2,2H3,(H,21,22,23)/b18-13-. The first-order chi connectivity index (χ1) is 12.2. The van der Waals surface area contributed by atoms with E-state index < -0.39 is 0 Å². The maximum absolute atomic E-state index is 12.2. The number of ether oxygens (including phenoxy) is 1. The molecule has 3 rings (SSSR count). The quantitative estimate of drug-likeness (QED) is 0.640. The van der Waals surface area contributed by atoms with E-state index in [-0.39, 0.29) is 5.91 Å². The molecule has 0 spiro atoms. The Morgan fingerprint density at radius 2 is 1.96 bits per heavy atom. The number of carbonyl (C=O) groups excluding carboxylic acids is 1. The molecule has 1 amide bonds. The molecule has 126 valence electrons. The van der Waals surface area contributed by atoms with Gasteiger partial charge in [0.15, 0.2) is 5.17 Å². The van der Waals surface area contributed by atoms with Gasteiger partial charge in [0.05, 0.1) is 10.6 Å². The lowest BCUT2D eigenvalue weighted by atomic mass is 10.2. The van der Waals surface area contributed by atoms with Crippen molar-refractivity contribution in [3.8, 4) is 5.75 Å². The smallest absolute Gasteiger partial charge is 0.264 e. The van der Waals surface area contributed by atoms with E-state index in [1.165, 1.54) is 17.3 Å². The molecule has 25 heavy (non-hydrogen) atoms. The van der Waals surface area contributed by atoms with Crippen LogP contribution >= 0.6 is 11.8 Å². The fourth-order valence-corrected chi connectivity index (χ4v) is 3.07. The molecular formula is C20H18N2O2S. The predicted octanol–water partition coefficient (Wildman–Crippen LogP) is 4.45. The molecule has 1 aliphatic heterocycles.